The number of nitrogens with two attached hydrogens (primary N) is 2. The van der Waals surface area contributed by atoms with E-state index < -0.39 is 0 Å². The summed E-state index contributed by atoms with van der Waals surface area (Å²) >= 11 is 0. The SMILES string of the molecule is NCC[C@@H](N)c1ccccc1O. The number of aromatic hydroxyl groups is 1. The fourth-order valence-corrected chi connectivity index (χ4v) is 1.14. The zero-order chi connectivity index (χ0) is 8.97. The Kier molecular flexibility index (Phi) is 3.08. The van der Waals surface area contributed by atoms with Crippen LogP contribution in [-0.2, 0) is 0 Å². The lowest BCUT2D eigenvalue weighted by molar-refractivity contribution is 0.459. The van der Waals surface area contributed by atoms with E-state index in [1.165, 1.54) is 0 Å². The Morgan fingerprint density at radius 2 is 2.00 bits per heavy atom. The van der Waals surface area contributed by atoms with Crippen LogP contribution in [0.1, 0.15) is 18.0 Å². The molecule has 0 saturated carbocycles. The molecule has 0 unspecified atom stereocenters. The van der Waals surface area contributed by atoms with E-state index in [0.29, 0.717) is 13.0 Å². The van der Waals surface area contributed by atoms with Crippen LogP contribution in [0.15, 0.2) is 24.3 Å². The molecule has 0 saturated heterocycles. The zero-order valence-corrected chi connectivity index (χ0v) is 6.90. The van der Waals surface area contributed by atoms with Gasteiger partial charge in [0.25, 0.3) is 0 Å². The van der Waals surface area contributed by atoms with Crippen LogP contribution in [0, 0.1) is 0 Å². The summed E-state index contributed by atoms with van der Waals surface area (Å²) in [6, 6.07) is 6.91. The van der Waals surface area contributed by atoms with E-state index in [4.69, 9.17) is 11.5 Å². The van der Waals surface area contributed by atoms with Gasteiger partial charge in [-0.1, -0.05) is 18.2 Å². The van der Waals surface area contributed by atoms with Gasteiger partial charge >= 0.3 is 0 Å². The zero-order valence-electron chi connectivity index (χ0n) is 6.90. The third-order valence-electron chi connectivity index (χ3n) is 1.81. The summed E-state index contributed by atoms with van der Waals surface area (Å²) in [5.41, 5.74) is 11.9. The maximum atomic E-state index is 9.39. The summed E-state index contributed by atoms with van der Waals surface area (Å²) in [6.45, 7) is 0.537. The molecule has 0 radical (unpaired) electrons. The minimum Gasteiger partial charge on any atom is -0.508 e. The Morgan fingerprint density at radius 1 is 1.33 bits per heavy atom. The molecule has 0 aliphatic rings. The van der Waals surface area contributed by atoms with Gasteiger partial charge in [-0.25, -0.2) is 0 Å². The summed E-state index contributed by atoms with van der Waals surface area (Å²) in [6.07, 6.45) is 0.692. The van der Waals surface area contributed by atoms with Crippen molar-refractivity contribution in [2.75, 3.05) is 6.54 Å². The van der Waals surface area contributed by atoms with Gasteiger partial charge in [0.2, 0.25) is 0 Å². The fourth-order valence-electron chi connectivity index (χ4n) is 1.14. The predicted octanol–water partition coefficient (Wildman–Crippen LogP) is 0.741. The van der Waals surface area contributed by atoms with E-state index in [1.807, 2.05) is 12.1 Å². The molecule has 0 heterocycles. The highest BCUT2D eigenvalue weighted by Crippen LogP contribution is 2.23. The van der Waals surface area contributed by atoms with Crippen LogP contribution in [0.3, 0.4) is 0 Å². The molecule has 0 spiro atoms. The first-order chi connectivity index (χ1) is 5.75. The van der Waals surface area contributed by atoms with E-state index in [1.54, 1.807) is 12.1 Å². The monoisotopic (exact) mass is 166 g/mol. The van der Waals surface area contributed by atoms with E-state index in [9.17, 15) is 5.11 Å². The summed E-state index contributed by atoms with van der Waals surface area (Å²) in [7, 11) is 0. The number of hydrogen-bond donors (Lipinski definition) is 3. The molecule has 3 heteroatoms. The average Bonchev–Trinajstić information content (AvgIpc) is 2.05. The van der Waals surface area contributed by atoms with Crippen molar-refractivity contribution >= 4 is 0 Å². The minimum absolute atomic E-state index is 0.156. The Hall–Kier alpha value is -1.06. The smallest absolute Gasteiger partial charge is 0.120 e. The maximum absolute atomic E-state index is 9.39. The summed E-state index contributed by atoms with van der Waals surface area (Å²) in [5.74, 6) is 0.249. The van der Waals surface area contributed by atoms with Gasteiger partial charge in [-0.2, -0.15) is 0 Å². The van der Waals surface area contributed by atoms with Crippen molar-refractivity contribution in [3.8, 4) is 5.75 Å². The number of phenols is 1. The number of rotatable bonds is 3. The highest BCUT2D eigenvalue weighted by molar-refractivity contribution is 5.34. The van der Waals surface area contributed by atoms with E-state index in [0.717, 1.165) is 5.56 Å². The molecule has 0 fully saturated rings. The summed E-state index contributed by atoms with van der Waals surface area (Å²) in [4.78, 5) is 0. The highest BCUT2D eigenvalue weighted by Gasteiger charge is 2.07. The first-order valence-corrected chi connectivity index (χ1v) is 3.99. The molecule has 3 nitrogen and oxygen atoms in total. The van der Waals surface area contributed by atoms with E-state index >= 15 is 0 Å². The largest absolute Gasteiger partial charge is 0.508 e. The van der Waals surface area contributed by atoms with Gasteiger partial charge in [-0.3, -0.25) is 0 Å². The van der Waals surface area contributed by atoms with Crippen LogP contribution in [-0.4, -0.2) is 11.7 Å². The van der Waals surface area contributed by atoms with Crippen molar-refractivity contribution in [3.63, 3.8) is 0 Å². The second-order valence-electron chi connectivity index (χ2n) is 2.74. The Morgan fingerprint density at radius 3 is 2.58 bits per heavy atom. The molecule has 66 valence electrons. The average molecular weight is 166 g/mol. The van der Waals surface area contributed by atoms with Crippen LogP contribution in [0.25, 0.3) is 0 Å². The normalized spacial score (nSPS) is 12.8. The van der Waals surface area contributed by atoms with E-state index in [2.05, 4.69) is 0 Å². The maximum Gasteiger partial charge on any atom is 0.120 e. The summed E-state index contributed by atoms with van der Waals surface area (Å²) in [5, 5.41) is 9.39. The number of benzene rings is 1. The van der Waals surface area contributed by atoms with Crippen LogP contribution in [0.4, 0.5) is 0 Å². The molecule has 1 atom stereocenters. The van der Waals surface area contributed by atoms with Gasteiger partial charge in [0.1, 0.15) is 5.75 Å². The fraction of sp³-hybridized carbons (Fsp3) is 0.333. The number of hydrogen-bond acceptors (Lipinski definition) is 3. The van der Waals surface area contributed by atoms with Crippen molar-refractivity contribution in [2.24, 2.45) is 11.5 Å². The summed E-state index contributed by atoms with van der Waals surface area (Å²) < 4.78 is 0. The lowest BCUT2D eigenvalue weighted by Crippen LogP contribution is -2.15. The molecule has 1 aromatic carbocycles. The molecule has 0 aliphatic heterocycles. The highest BCUT2D eigenvalue weighted by atomic mass is 16.3. The molecule has 0 amide bonds. The molecule has 0 bridgehead atoms. The third kappa shape index (κ3) is 1.96. The van der Waals surface area contributed by atoms with Crippen molar-refractivity contribution in [1.82, 2.24) is 0 Å². The molecule has 5 N–H and O–H groups in total. The van der Waals surface area contributed by atoms with Gasteiger partial charge in [0.05, 0.1) is 0 Å². The molecule has 1 rings (SSSR count). The van der Waals surface area contributed by atoms with Gasteiger partial charge in [0, 0.05) is 11.6 Å². The van der Waals surface area contributed by atoms with Crippen LogP contribution >= 0.6 is 0 Å². The number of phenolic OH excluding ortho intramolecular Hbond substituents is 1. The number of para-hydroxylation sites is 1. The molecular formula is C9H14N2O. The van der Waals surface area contributed by atoms with E-state index in [-0.39, 0.29) is 11.8 Å². The first kappa shape index (κ1) is 9.03. The molecular weight excluding hydrogens is 152 g/mol. The van der Waals surface area contributed by atoms with Crippen molar-refractivity contribution < 1.29 is 5.11 Å². The quantitative estimate of drug-likeness (QED) is 0.620. The molecule has 0 aliphatic carbocycles. The van der Waals surface area contributed by atoms with Gasteiger partial charge in [-0.05, 0) is 19.0 Å². The Labute approximate surface area is 72.0 Å². The van der Waals surface area contributed by atoms with Gasteiger partial charge in [-0.15, -0.1) is 0 Å². The second-order valence-corrected chi connectivity index (χ2v) is 2.74. The topological polar surface area (TPSA) is 72.3 Å². The lowest BCUT2D eigenvalue weighted by atomic mass is 10.0. The van der Waals surface area contributed by atoms with Gasteiger partial charge in [0.15, 0.2) is 0 Å². The van der Waals surface area contributed by atoms with Gasteiger partial charge < -0.3 is 16.6 Å². The van der Waals surface area contributed by atoms with Crippen molar-refractivity contribution in [2.45, 2.75) is 12.5 Å². The van der Waals surface area contributed by atoms with Crippen LogP contribution < -0.4 is 11.5 Å². The van der Waals surface area contributed by atoms with Crippen LogP contribution in [0.5, 0.6) is 5.75 Å². The lowest BCUT2D eigenvalue weighted by Gasteiger charge is -2.11. The third-order valence-corrected chi connectivity index (χ3v) is 1.81. The second kappa shape index (κ2) is 4.09. The Balaban J connectivity index is 2.79. The molecule has 0 aromatic heterocycles. The standard InChI is InChI=1S/C9H14N2O/c10-6-5-8(11)7-3-1-2-4-9(7)12/h1-4,8,12H,5-6,10-11H2/t8-/m1/s1. The predicted molar refractivity (Wildman–Crippen MR) is 48.7 cm³/mol. The Bertz CT molecular complexity index is 250. The molecule has 12 heavy (non-hydrogen) atoms. The minimum atomic E-state index is -0.156. The first-order valence-electron chi connectivity index (χ1n) is 3.99. The molecule has 1 aromatic rings. The van der Waals surface area contributed by atoms with Crippen LogP contribution in [0.2, 0.25) is 0 Å². The van der Waals surface area contributed by atoms with Crippen molar-refractivity contribution in [1.29, 1.82) is 0 Å². The van der Waals surface area contributed by atoms with Crippen molar-refractivity contribution in [3.05, 3.63) is 29.8 Å².